The molecular weight excluding hydrogens is 304 g/mol. The third kappa shape index (κ3) is 7.62. The van der Waals surface area contributed by atoms with Gasteiger partial charge in [-0.15, -0.1) is 0 Å². The molecule has 0 aliphatic carbocycles. The Hall–Kier alpha value is -0.683. The van der Waals surface area contributed by atoms with Crippen molar-refractivity contribution in [3.8, 4) is 0 Å². The number of rotatable bonds is 9. The molecule has 0 saturated carbocycles. The van der Waals surface area contributed by atoms with Gasteiger partial charge in [-0.25, -0.2) is 0 Å². The summed E-state index contributed by atoms with van der Waals surface area (Å²) in [6, 6.07) is 10.2. The second-order valence-electron chi connectivity index (χ2n) is 8.19. The molecule has 1 atom stereocenters. The molecule has 0 unspecified atom stereocenters. The van der Waals surface area contributed by atoms with Gasteiger partial charge in [0.1, 0.15) is 0 Å². The van der Waals surface area contributed by atoms with E-state index >= 15 is 0 Å². The lowest BCUT2D eigenvalue weighted by Crippen LogP contribution is -2.45. The molecule has 0 heterocycles. The number of hydrogen-bond donors (Lipinski definition) is 1. The van der Waals surface area contributed by atoms with Crippen molar-refractivity contribution in [2.75, 3.05) is 13.2 Å². The molecule has 3 nitrogen and oxygen atoms in total. The number of aliphatic hydroxyl groups is 1. The van der Waals surface area contributed by atoms with Crippen LogP contribution in [0, 0.1) is 0 Å². The quantitative estimate of drug-likeness (QED) is 0.521. The second kappa shape index (κ2) is 8.43. The highest BCUT2D eigenvalue weighted by Crippen LogP contribution is 2.37. The van der Waals surface area contributed by atoms with E-state index in [0.29, 0.717) is 26.2 Å². The summed E-state index contributed by atoms with van der Waals surface area (Å²) < 4.78 is 11.8. The molecule has 0 bridgehead atoms. The van der Waals surface area contributed by atoms with E-state index < -0.39 is 13.9 Å². The lowest BCUT2D eigenvalue weighted by Gasteiger charge is -2.38. The maximum atomic E-state index is 10.5. The van der Waals surface area contributed by atoms with E-state index in [0.717, 1.165) is 6.42 Å². The zero-order chi connectivity index (χ0) is 17.6. The van der Waals surface area contributed by atoms with Gasteiger partial charge in [-0.1, -0.05) is 51.1 Å². The van der Waals surface area contributed by atoms with Crippen molar-refractivity contribution in [1.29, 1.82) is 0 Å². The van der Waals surface area contributed by atoms with Gasteiger partial charge < -0.3 is 14.3 Å². The van der Waals surface area contributed by atoms with Gasteiger partial charge in [-0.2, -0.15) is 0 Å². The molecule has 0 fully saturated rings. The number of ether oxygens (including phenoxy) is 1. The van der Waals surface area contributed by atoms with Crippen LogP contribution in [0.4, 0.5) is 0 Å². The van der Waals surface area contributed by atoms with Crippen molar-refractivity contribution < 1.29 is 14.3 Å². The van der Waals surface area contributed by atoms with E-state index in [1.807, 2.05) is 25.1 Å². The zero-order valence-corrected chi connectivity index (χ0v) is 16.7. The summed E-state index contributed by atoms with van der Waals surface area (Å²) in [5.74, 6) is 0. The van der Waals surface area contributed by atoms with Crippen LogP contribution >= 0.6 is 0 Å². The Balaban J connectivity index is 2.25. The lowest BCUT2D eigenvalue weighted by atomic mass is 10.0. The second-order valence-corrected chi connectivity index (χ2v) is 13.0. The van der Waals surface area contributed by atoms with Crippen LogP contribution < -0.4 is 0 Å². The maximum Gasteiger partial charge on any atom is 0.192 e. The number of benzene rings is 1. The van der Waals surface area contributed by atoms with Crippen molar-refractivity contribution in [1.82, 2.24) is 0 Å². The van der Waals surface area contributed by atoms with Gasteiger partial charge in [-0.3, -0.25) is 0 Å². The van der Waals surface area contributed by atoms with Gasteiger partial charge in [0.2, 0.25) is 0 Å². The van der Waals surface area contributed by atoms with Crippen LogP contribution in [0.15, 0.2) is 30.3 Å². The smallest absolute Gasteiger partial charge is 0.192 e. The molecule has 0 aliphatic heterocycles. The van der Waals surface area contributed by atoms with Crippen LogP contribution in [0.25, 0.3) is 0 Å². The fraction of sp³-hybridized carbons (Fsp3) is 0.684. The molecule has 0 aliphatic rings. The molecule has 0 radical (unpaired) electrons. The first-order valence-electron chi connectivity index (χ1n) is 8.52. The third-order valence-electron chi connectivity index (χ3n) is 4.67. The standard InChI is InChI=1S/C19H34O3Si/c1-18(2,3)23(5,6)22-16-19(4,20)13-10-14-21-15-17-11-8-7-9-12-17/h7-9,11-12,20H,10,13-16H2,1-6H3/t19-/m0/s1. The molecule has 4 heteroatoms. The maximum absolute atomic E-state index is 10.5. The minimum absolute atomic E-state index is 0.169. The first-order chi connectivity index (χ1) is 10.5. The molecule has 1 rings (SSSR count). The van der Waals surface area contributed by atoms with E-state index in [2.05, 4.69) is 46.0 Å². The Morgan fingerprint density at radius 1 is 1.04 bits per heavy atom. The average molecular weight is 339 g/mol. The van der Waals surface area contributed by atoms with E-state index in [4.69, 9.17) is 9.16 Å². The molecule has 0 saturated heterocycles. The zero-order valence-electron chi connectivity index (χ0n) is 15.7. The Morgan fingerprint density at radius 3 is 2.22 bits per heavy atom. The van der Waals surface area contributed by atoms with Crippen molar-refractivity contribution in [2.45, 2.75) is 70.9 Å². The van der Waals surface area contributed by atoms with Gasteiger partial charge in [0.25, 0.3) is 0 Å². The summed E-state index contributed by atoms with van der Waals surface area (Å²) >= 11 is 0. The van der Waals surface area contributed by atoms with E-state index in [9.17, 15) is 5.11 Å². The van der Waals surface area contributed by atoms with Crippen molar-refractivity contribution in [3.63, 3.8) is 0 Å². The average Bonchev–Trinajstić information content (AvgIpc) is 2.45. The molecule has 1 aromatic rings. The SMILES string of the molecule is CC(C)(C)[Si](C)(C)OC[C@@](C)(O)CCCOCc1ccccc1. The van der Waals surface area contributed by atoms with E-state index in [-0.39, 0.29) is 5.04 Å². The molecule has 0 spiro atoms. The summed E-state index contributed by atoms with van der Waals surface area (Å²) in [6.45, 7) is 14.6. The molecule has 0 amide bonds. The van der Waals surface area contributed by atoms with Gasteiger partial charge in [0, 0.05) is 6.61 Å². The summed E-state index contributed by atoms with van der Waals surface area (Å²) in [4.78, 5) is 0. The van der Waals surface area contributed by atoms with Crippen LogP contribution in [-0.2, 0) is 15.8 Å². The van der Waals surface area contributed by atoms with Crippen molar-refractivity contribution >= 4 is 8.32 Å². The van der Waals surface area contributed by atoms with E-state index in [1.165, 1.54) is 5.56 Å². The fourth-order valence-electron chi connectivity index (χ4n) is 1.94. The highest BCUT2D eigenvalue weighted by atomic mass is 28.4. The first kappa shape index (κ1) is 20.4. The molecule has 0 aromatic heterocycles. The summed E-state index contributed by atoms with van der Waals surface area (Å²) in [5.41, 5.74) is 0.395. The normalized spacial score (nSPS) is 15.4. The largest absolute Gasteiger partial charge is 0.414 e. The predicted octanol–water partition coefficient (Wildman–Crippen LogP) is 4.76. The fourth-order valence-corrected chi connectivity index (χ4v) is 3.05. The van der Waals surface area contributed by atoms with Gasteiger partial charge >= 0.3 is 0 Å². The molecule has 1 aromatic carbocycles. The molecule has 23 heavy (non-hydrogen) atoms. The highest BCUT2D eigenvalue weighted by molar-refractivity contribution is 6.74. The monoisotopic (exact) mass is 338 g/mol. The Labute approximate surface area is 143 Å². The molecule has 1 N–H and O–H groups in total. The van der Waals surface area contributed by atoms with Crippen LogP contribution in [0.3, 0.4) is 0 Å². The first-order valence-corrected chi connectivity index (χ1v) is 11.4. The van der Waals surface area contributed by atoms with E-state index in [1.54, 1.807) is 0 Å². The van der Waals surface area contributed by atoms with Gasteiger partial charge in [0.15, 0.2) is 8.32 Å². The lowest BCUT2D eigenvalue weighted by molar-refractivity contribution is -0.00915. The highest BCUT2D eigenvalue weighted by Gasteiger charge is 2.38. The molecule has 132 valence electrons. The van der Waals surface area contributed by atoms with Crippen molar-refractivity contribution in [3.05, 3.63) is 35.9 Å². The van der Waals surface area contributed by atoms with Crippen molar-refractivity contribution in [2.24, 2.45) is 0 Å². The van der Waals surface area contributed by atoms with Crippen LogP contribution in [0.2, 0.25) is 18.1 Å². The minimum Gasteiger partial charge on any atom is -0.414 e. The topological polar surface area (TPSA) is 38.7 Å². The third-order valence-corrected chi connectivity index (χ3v) is 9.14. The summed E-state index contributed by atoms with van der Waals surface area (Å²) in [7, 11) is -1.80. The minimum atomic E-state index is -1.80. The van der Waals surface area contributed by atoms with Crippen LogP contribution in [0.1, 0.15) is 46.1 Å². The number of hydrogen-bond acceptors (Lipinski definition) is 3. The predicted molar refractivity (Wildman–Crippen MR) is 99.1 cm³/mol. The summed E-state index contributed by atoms with van der Waals surface area (Å²) in [6.07, 6.45) is 1.52. The Bertz CT molecular complexity index is 449. The van der Waals surface area contributed by atoms with Crippen LogP contribution in [-0.4, -0.2) is 32.2 Å². The van der Waals surface area contributed by atoms with Gasteiger partial charge in [0.05, 0.1) is 18.8 Å². The van der Waals surface area contributed by atoms with Crippen LogP contribution in [0.5, 0.6) is 0 Å². The van der Waals surface area contributed by atoms with Gasteiger partial charge in [-0.05, 0) is 43.5 Å². The summed E-state index contributed by atoms with van der Waals surface area (Å²) in [5, 5.41) is 10.7. The Morgan fingerprint density at radius 2 is 1.65 bits per heavy atom. The Kier molecular flexibility index (Phi) is 7.46. The molecular formula is C19H34O3Si.